The van der Waals surface area contributed by atoms with E-state index in [0.717, 1.165) is 0 Å². The van der Waals surface area contributed by atoms with Crippen molar-refractivity contribution in [3.8, 4) is 0 Å². The molecule has 0 heterocycles. The molecular formula is C21H19BrOP+. The fourth-order valence-corrected chi connectivity index (χ4v) is 7.14. The van der Waals surface area contributed by atoms with E-state index in [-0.39, 0.29) is 0 Å². The predicted molar refractivity (Wildman–Crippen MR) is 110 cm³/mol. The van der Waals surface area contributed by atoms with Gasteiger partial charge < -0.3 is 5.11 Å². The number of aliphatic hydroxyl groups is 1. The molecule has 3 aromatic carbocycles. The maximum absolute atomic E-state index is 10.4. The molecule has 0 amide bonds. The van der Waals surface area contributed by atoms with E-state index in [1.807, 2.05) is 18.2 Å². The normalized spacial score (nSPS) is 12.1. The average molecular weight is 398 g/mol. The van der Waals surface area contributed by atoms with Crippen LogP contribution in [0.3, 0.4) is 0 Å². The van der Waals surface area contributed by atoms with E-state index in [2.05, 4.69) is 94.5 Å². The van der Waals surface area contributed by atoms with E-state index in [0.29, 0.717) is 11.1 Å². The summed E-state index contributed by atoms with van der Waals surface area (Å²) in [5.41, 5.74) is 0. The predicted octanol–water partition coefficient (Wildman–Crippen LogP) is 4.77. The van der Waals surface area contributed by atoms with Crippen molar-refractivity contribution in [3.05, 3.63) is 103 Å². The summed E-state index contributed by atoms with van der Waals surface area (Å²) in [5, 5.41) is 14.6. The minimum absolute atomic E-state index is 0.361. The third-order valence-electron chi connectivity index (χ3n) is 3.97. The van der Waals surface area contributed by atoms with Crippen LogP contribution >= 0.6 is 23.2 Å². The summed E-state index contributed by atoms with van der Waals surface area (Å²) in [6.07, 6.45) is 0. The van der Waals surface area contributed by atoms with Crippen molar-refractivity contribution < 1.29 is 5.11 Å². The van der Waals surface area contributed by atoms with Crippen LogP contribution in [0.2, 0.25) is 0 Å². The molecule has 0 fully saturated rings. The molecule has 0 aliphatic heterocycles. The summed E-state index contributed by atoms with van der Waals surface area (Å²) in [4.78, 5) is 0. The lowest BCUT2D eigenvalue weighted by atomic mass is 10.4. The summed E-state index contributed by atoms with van der Waals surface area (Å²) in [7, 11) is -2.07. The van der Waals surface area contributed by atoms with Crippen LogP contribution in [0.4, 0.5) is 0 Å². The molecule has 0 aromatic heterocycles. The molecule has 24 heavy (non-hydrogen) atoms. The fraction of sp³-hybridized carbons (Fsp3) is 0.0476. The standard InChI is InChI=1S/C21H18BrOP/c22-16-18(23)17-24(19-10-4-1-5-11-19,20-12-6-2-7-13-20)21-14-8-3-9-15-21/h1-15,17H,16H2/p+1/b18-17-. The van der Waals surface area contributed by atoms with Crippen LogP contribution in [0.1, 0.15) is 0 Å². The van der Waals surface area contributed by atoms with E-state index in [9.17, 15) is 5.11 Å². The Morgan fingerprint density at radius 3 is 1.33 bits per heavy atom. The molecule has 0 atom stereocenters. The Morgan fingerprint density at radius 1 is 0.708 bits per heavy atom. The van der Waals surface area contributed by atoms with Crippen LogP contribution in [-0.2, 0) is 0 Å². The molecule has 0 spiro atoms. The molecule has 0 bridgehead atoms. The van der Waals surface area contributed by atoms with Gasteiger partial charge in [-0.1, -0.05) is 70.5 Å². The molecule has 3 heteroatoms. The van der Waals surface area contributed by atoms with Gasteiger partial charge in [-0.05, 0) is 36.4 Å². The number of halogens is 1. The van der Waals surface area contributed by atoms with Gasteiger partial charge in [0.15, 0.2) is 0 Å². The number of benzene rings is 3. The van der Waals surface area contributed by atoms with Crippen LogP contribution in [0, 0.1) is 0 Å². The third kappa shape index (κ3) is 3.31. The minimum atomic E-state index is -2.07. The molecule has 120 valence electrons. The lowest BCUT2D eigenvalue weighted by molar-refractivity contribution is 0.420. The highest BCUT2D eigenvalue weighted by molar-refractivity contribution is 9.09. The zero-order chi connectivity index (χ0) is 16.8. The molecule has 3 rings (SSSR count). The summed E-state index contributed by atoms with van der Waals surface area (Å²) in [6.45, 7) is 0. The van der Waals surface area contributed by atoms with E-state index in [4.69, 9.17) is 0 Å². The van der Waals surface area contributed by atoms with Gasteiger partial charge in [-0.15, -0.1) is 0 Å². The number of allylic oxidation sites excluding steroid dienone is 1. The summed E-state index contributed by atoms with van der Waals surface area (Å²) < 4.78 is 0. The maximum atomic E-state index is 10.4. The minimum Gasteiger partial charge on any atom is -0.508 e. The average Bonchev–Trinajstić information content (AvgIpc) is 2.68. The Kier molecular flexibility index (Phi) is 5.50. The largest absolute Gasteiger partial charge is 0.508 e. The van der Waals surface area contributed by atoms with Crippen LogP contribution < -0.4 is 15.9 Å². The summed E-state index contributed by atoms with van der Waals surface area (Å²) >= 11 is 3.38. The van der Waals surface area contributed by atoms with Gasteiger partial charge in [0, 0.05) is 0 Å². The first-order chi connectivity index (χ1) is 11.8. The second-order valence-corrected chi connectivity index (χ2v) is 9.30. The Bertz CT molecular complexity index is 704. The first-order valence-corrected chi connectivity index (χ1v) is 10.8. The number of aliphatic hydroxyl groups excluding tert-OH is 1. The molecule has 0 aliphatic rings. The second-order valence-electron chi connectivity index (χ2n) is 5.48. The van der Waals surface area contributed by atoms with Gasteiger partial charge in [-0.2, -0.15) is 0 Å². The number of hydrogen-bond acceptors (Lipinski definition) is 1. The van der Waals surface area contributed by atoms with Crippen molar-refractivity contribution in [2.24, 2.45) is 0 Å². The smallest absolute Gasteiger partial charge is 0.140 e. The molecule has 0 radical (unpaired) electrons. The van der Waals surface area contributed by atoms with E-state index >= 15 is 0 Å². The van der Waals surface area contributed by atoms with Gasteiger partial charge in [-0.3, -0.25) is 0 Å². The number of hydrogen-bond donors (Lipinski definition) is 1. The second kappa shape index (κ2) is 7.79. The lowest BCUT2D eigenvalue weighted by Gasteiger charge is -2.24. The van der Waals surface area contributed by atoms with E-state index in [1.165, 1.54) is 15.9 Å². The summed E-state index contributed by atoms with van der Waals surface area (Å²) in [6, 6.07) is 31.4. The monoisotopic (exact) mass is 397 g/mol. The van der Waals surface area contributed by atoms with Crippen molar-refractivity contribution in [1.82, 2.24) is 0 Å². The molecule has 0 saturated heterocycles. The van der Waals surface area contributed by atoms with Crippen molar-refractivity contribution in [3.63, 3.8) is 0 Å². The van der Waals surface area contributed by atoms with Gasteiger partial charge in [0.25, 0.3) is 0 Å². The van der Waals surface area contributed by atoms with Gasteiger partial charge in [0.1, 0.15) is 34.8 Å². The van der Waals surface area contributed by atoms with Crippen LogP contribution in [0.5, 0.6) is 0 Å². The van der Waals surface area contributed by atoms with E-state index in [1.54, 1.807) is 0 Å². The SMILES string of the molecule is O/C(=C\[P+](c1ccccc1)(c1ccccc1)c1ccccc1)CBr. The van der Waals surface area contributed by atoms with Crippen molar-refractivity contribution in [1.29, 1.82) is 0 Å². The summed E-state index contributed by atoms with van der Waals surface area (Å²) in [5.74, 6) is 2.42. The van der Waals surface area contributed by atoms with Crippen molar-refractivity contribution in [2.75, 3.05) is 5.33 Å². The molecular weight excluding hydrogens is 379 g/mol. The maximum Gasteiger partial charge on any atom is 0.140 e. The van der Waals surface area contributed by atoms with Crippen LogP contribution in [0.25, 0.3) is 0 Å². The molecule has 3 aromatic rings. The third-order valence-corrected chi connectivity index (χ3v) is 8.57. The Labute approximate surface area is 152 Å². The zero-order valence-corrected chi connectivity index (χ0v) is 15.7. The van der Waals surface area contributed by atoms with Gasteiger partial charge >= 0.3 is 0 Å². The van der Waals surface area contributed by atoms with Gasteiger partial charge in [0.05, 0.1) is 5.33 Å². The molecule has 0 aliphatic carbocycles. The lowest BCUT2D eigenvalue weighted by Crippen LogP contribution is -2.30. The molecule has 0 unspecified atom stereocenters. The Balaban J connectivity index is 2.37. The molecule has 0 saturated carbocycles. The highest BCUT2D eigenvalue weighted by Crippen LogP contribution is 2.57. The molecule has 1 N–H and O–H groups in total. The van der Waals surface area contributed by atoms with Gasteiger partial charge in [-0.25, -0.2) is 0 Å². The van der Waals surface area contributed by atoms with Crippen LogP contribution in [-0.4, -0.2) is 10.4 Å². The van der Waals surface area contributed by atoms with Gasteiger partial charge in [0.2, 0.25) is 0 Å². The van der Waals surface area contributed by atoms with Crippen molar-refractivity contribution in [2.45, 2.75) is 0 Å². The van der Waals surface area contributed by atoms with E-state index < -0.39 is 7.26 Å². The van der Waals surface area contributed by atoms with Crippen molar-refractivity contribution >= 4 is 39.1 Å². The quantitative estimate of drug-likeness (QED) is 0.373. The van der Waals surface area contributed by atoms with Crippen LogP contribution in [0.15, 0.2) is 103 Å². The molecule has 1 nitrogen and oxygen atoms in total. The number of alkyl halides is 1. The fourth-order valence-electron chi connectivity index (χ4n) is 2.92. The Hall–Kier alpha value is -1.89. The first kappa shape index (κ1) is 17.0. The first-order valence-electron chi connectivity index (χ1n) is 7.79. The highest BCUT2D eigenvalue weighted by Gasteiger charge is 2.44. The Morgan fingerprint density at radius 2 is 1.04 bits per heavy atom. The number of rotatable bonds is 5. The topological polar surface area (TPSA) is 20.2 Å². The zero-order valence-electron chi connectivity index (χ0n) is 13.2. The highest BCUT2D eigenvalue weighted by atomic mass is 79.9.